The molecule has 5 heteroatoms. The van der Waals surface area contributed by atoms with Gasteiger partial charge < -0.3 is 4.57 Å². The number of rotatable bonds is 4. The van der Waals surface area contributed by atoms with Crippen molar-refractivity contribution in [1.82, 2.24) is 19.5 Å². The minimum atomic E-state index is 0.650. The van der Waals surface area contributed by atoms with E-state index in [1.54, 1.807) is 0 Å². The summed E-state index contributed by atoms with van der Waals surface area (Å²) in [5.74, 6) is 1.96. The second kappa shape index (κ2) is 9.97. The largest absolute Gasteiger partial charge is 0.309 e. The van der Waals surface area contributed by atoms with E-state index in [9.17, 15) is 0 Å². The molecule has 206 valence electrons. The molecule has 0 fully saturated rings. The predicted molar refractivity (Wildman–Crippen MR) is 183 cm³/mol. The highest BCUT2D eigenvalue weighted by Gasteiger charge is 2.19. The van der Waals surface area contributed by atoms with Gasteiger partial charge in [-0.05, 0) is 30.3 Å². The van der Waals surface area contributed by atoms with Gasteiger partial charge >= 0.3 is 0 Å². The molecule has 0 atom stereocenters. The van der Waals surface area contributed by atoms with E-state index in [0.29, 0.717) is 17.5 Å². The lowest BCUT2D eigenvalue weighted by molar-refractivity contribution is 1.07. The molecule has 6 aromatic carbocycles. The van der Waals surface area contributed by atoms with Crippen molar-refractivity contribution in [3.63, 3.8) is 0 Å². The maximum atomic E-state index is 5.01. The number of hydrogen-bond acceptors (Lipinski definition) is 4. The van der Waals surface area contributed by atoms with Crippen molar-refractivity contribution >= 4 is 53.3 Å². The standard InChI is InChI=1S/C39H24N4S/c1-4-12-25(13-5-1)37-40-38(26-14-6-2-7-15-26)42-39(41-37)27-20-21-31-33(24-27)43(28-16-8-3-9-17-28)32-23-22-30-29-18-10-11-19-34(29)44-36(30)35(31)32/h1-24H. The third-order valence-electron chi connectivity index (χ3n) is 8.25. The summed E-state index contributed by atoms with van der Waals surface area (Å²) in [7, 11) is 0. The summed E-state index contributed by atoms with van der Waals surface area (Å²) in [6.07, 6.45) is 0. The van der Waals surface area contributed by atoms with Crippen molar-refractivity contribution < 1.29 is 0 Å². The van der Waals surface area contributed by atoms with Gasteiger partial charge in [0.2, 0.25) is 0 Å². The monoisotopic (exact) mass is 580 g/mol. The lowest BCUT2D eigenvalue weighted by atomic mass is 10.1. The Bertz CT molecular complexity index is 2420. The van der Waals surface area contributed by atoms with E-state index < -0.39 is 0 Å². The first-order chi connectivity index (χ1) is 21.8. The Morgan fingerprint density at radius 1 is 0.432 bits per heavy atom. The van der Waals surface area contributed by atoms with E-state index in [0.717, 1.165) is 27.9 Å². The Labute approximate surface area is 257 Å². The van der Waals surface area contributed by atoms with E-state index in [4.69, 9.17) is 15.0 Å². The Balaban J connectivity index is 1.34. The highest BCUT2D eigenvalue weighted by atomic mass is 32.1. The molecule has 0 amide bonds. The van der Waals surface area contributed by atoms with Crippen LogP contribution in [0.25, 0.3) is 81.8 Å². The molecule has 0 aliphatic carbocycles. The van der Waals surface area contributed by atoms with Crippen molar-refractivity contribution in [2.75, 3.05) is 0 Å². The zero-order valence-corrected chi connectivity index (χ0v) is 24.4. The van der Waals surface area contributed by atoms with E-state index in [-0.39, 0.29) is 0 Å². The first kappa shape index (κ1) is 24.9. The molecule has 3 heterocycles. The number of para-hydroxylation sites is 1. The van der Waals surface area contributed by atoms with Gasteiger partial charge in [0, 0.05) is 53.3 Å². The second-order valence-electron chi connectivity index (χ2n) is 10.9. The molecule has 0 saturated heterocycles. The first-order valence-corrected chi connectivity index (χ1v) is 15.4. The van der Waals surface area contributed by atoms with E-state index in [1.807, 2.05) is 72.0 Å². The van der Waals surface area contributed by atoms with Gasteiger partial charge in [-0.25, -0.2) is 15.0 Å². The van der Waals surface area contributed by atoms with Gasteiger partial charge in [-0.15, -0.1) is 11.3 Å². The number of nitrogens with zero attached hydrogens (tertiary/aromatic N) is 4. The molecule has 0 radical (unpaired) electrons. The van der Waals surface area contributed by atoms with Crippen molar-refractivity contribution in [2.45, 2.75) is 0 Å². The Morgan fingerprint density at radius 3 is 1.68 bits per heavy atom. The zero-order chi connectivity index (χ0) is 29.0. The molecular weight excluding hydrogens is 557 g/mol. The number of thiophene rings is 1. The molecule has 0 bridgehead atoms. The summed E-state index contributed by atoms with van der Waals surface area (Å²) in [5.41, 5.74) is 6.29. The molecule has 4 nitrogen and oxygen atoms in total. The van der Waals surface area contributed by atoms with E-state index >= 15 is 0 Å². The van der Waals surface area contributed by atoms with Crippen LogP contribution in [0.15, 0.2) is 146 Å². The maximum absolute atomic E-state index is 5.01. The summed E-state index contributed by atoms with van der Waals surface area (Å²) in [6, 6.07) is 50.7. The van der Waals surface area contributed by atoms with Crippen molar-refractivity contribution in [3.05, 3.63) is 146 Å². The number of aromatic nitrogens is 4. The fourth-order valence-corrected chi connectivity index (χ4v) is 7.47. The molecule has 9 aromatic rings. The van der Waals surface area contributed by atoms with Crippen LogP contribution in [-0.4, -0.2) is 19.5 Å². The van der Waals surface area contributed by atoms with Crippen molar-refractivity contribution in [3.8, 4) is 39.9 Å². The summed E-state index contributed by atoms with van der Waals surface area (Å²) in [5, 5.41) is 5.09. The van der Waals surface area contributed by atoms with Crippen LogP contribution >= 0.6 is 11.3 Å². The van der Waals surface area contributed by atoms with Gasteiger partial charge in [0.25, 0.3) is 0 Å². The zero-order valence-electron chi connectivity index (χ0n) is 23.6. The molecule has 0 N–H and O–H groups in total. The fourth-order valence-electron chi connectivity index (χ4n) is 6.21. The molecule has 0 aliphatic heterocycles. The minimum Gasteiger partial charge on any atom is -0.309 e. The van der Waals surface area contributed by atoms with Crippen LogP contribution in [0.3, 0.4) is 0 Å². The van der Waals surface area contributed by atoms with Crippen LogP contribution in [-0.2, 0) is 0 Å². The Hall–Kier alpha value is -5.65. The van der Waals surface area contributed by atoms with Gasteiger partial charge in [-0.2, -0.15) is 0 Å². The van der Waals surface area contributed by atoms with Gasteiger partial charge in [-0.1, -0.05) is 115 Å². The normalized spacial score (nSPS) is 11.6. The third kappa shape index (κ3) is 3.94. The summed E-state index contributed by atoms with van der Waals surface area (Å²) in [4.78, 5) is 14.9. The fraction of sp³-hybridized carbons (Fsp3) is 0. The topological polar surface area (TPSA) is 43.6 Å². The predicted octanol–water partition coefficient (Wildman–Crippen LogP) is 10.3. The summed E-state index contributed by atoms with van der Waals surface area (Å²) < 4.78 is 4.99. The molecule has 44 heavy (non-hydrogen) atoms. The van der Waals surface area contributed by atoms with Crippen molar-refractivity contribution in [1.29, 1.82) is 0 Å². The maximum Gasteiger partial charge on any atom is 0.164 e. The molecule has 0 aliphatic rings. The van der Waals surface area contributed by atoms with Crippen LogP contribution in [0, 0.1) is 0 Å². The Kier molecular flexibility index (Phi) is 5.64. The molecule has 0 unspecified atom stereocenters. The first-order valence-electron chi connectivity index (χ1n) is 14.6. The summed E-state index contributed by atoms with van der Waals surface area (Å²) >= 11 is 1.87. The average Bonchev–Trinajstić information content (AvgIpc) is 3.64. The quantitative estimate of drug-likeness (QED) is 0.208. The van der Waals surface area contributed by atoms with Gasteiger partial charge in [0.15, 0.2) is 17.5 Å². The molecule has 3 aromatic heterocycles. The number of fused-ring (bicyclic) bond motifs is 7. The SMILES string of the molecule is c1ccc(-c2nc(-c3ccccc3)nc(-c3ccc4c5c6sc7ccccc7c6ccc5n(-c5ccccc5)c4c3)n2)cc1. The smallest absolute Gasteiger partial charge is 0.164 e. The minimum absolute atomic E-state index is 0.650. The average molecular weight is 581 g/mol. The lowest BCUT2D eigenvalue weighted by Gasteiger charge is -2.10. The third-order valence-corrected chi connectivity index (χ3v) is 9.45. The molecule has 0 spiro atoms. The van der Waals surface area contributed by atoms with Gasteiger partial charge in [0.05, 0.1) is 11.0 Å². The summed E-state index contributed by atoms with van der Waals surface area (Å²) in [6.45, 7) is 0. The van der Waals surface area contributed by atoms with E-state index in [1.165, 1.54) is 36.5 Å². The van der Waals surface area contributed by atoms with E-state index in [2.05, 4.69) is 89.5 Å². The molecule has 9 rings (SSSR count). The Morgan fingerprint density at radius 2 is 1.00 bits per heavy atom. The lowest BCUT2D eigenvalue weighted by Crippen LogP contribution is -2.00. The number of benzene rings is 6. The highest BCUT2D eigenvalue weighted by Crippen LogP contribution is 2.44. The van der Waals surface area contributed by atoms with Gasteiger partial charge in [0.1, 0.15) is 0 Å². The highest BCUT2D eigenvalue weighted by molar-refractivity contribution is 7.26. The number of hydrogen-bond donors (Lipinski definition) is 0. The van der Waals surface area contributed by atoms with Crippen LogP contribution < -0.4 is 0 Å². The van der Waals surface area contributed by atoms with Crippen LogP contribution in [0.2, 0.25) is 0 Å². The van der Waals surface area contributed by atoms with Crippen molar-refractivity contribution in [2.24, 2.45) is 0 Å². The van der Waals surface area contributed by atoms with Crippen LogP contribution in [0.1, 0.15) is 0 Å². The second-order valence-corrected chi connectivity index (χ2v) is 11.9. The molecule has 0 saturated carbocycles. The molecular formula is C39H24N4S. The van der Waals surface area contributed by atoms with Gasteiger partial charge in [-0.3, -0.25) is 0 Å². The van der Waals surface area contributed by atoms with Crippen LogP contribution in [0.5, 0.6) is 0 Å². The van der Waals surface area contributed by atoms with Crippen LogP contribution in [0.4, 0.5) is 0 Å².